The highest BCUT2D eigenvalue weighted by Crippen LogP contribution is 2.23. The highest BCUT2D eigenvalue weighted by molar-refractivity contribution is 7.85. The zero-order chi connectivity index (χ0) is 16.1. The number of carbonyl (C=O) groups excluding carboxylic acids is 1. The lowest BCUT2D eigenvalue weighted by Crippen LogP contribution is -2.45. The summed E-state index contributed by atoms with van der Waals surface area (Å²) < 4.78 is 17.4. The van der Waals surface area contributed by atoms with Crippen molar-refractivity contribution in [1.82, 2.24) is 10.6 Å². The lowest BCUT2D eigenvalue weighted by atomic mass is 9.95. The number of nitrogens with one attached hydrogen (secondary N) is 2. The van der Waals surface area contributed by atoms with Crippen LogP contribution in [0.1, 0.15) is 49.7 Å². The minimum Gasteiger partial charge on any atom is -0.466 e. The van der Waals surface area contributed by atoms with Crippen molar-refractivity contribution >= 4 is 16.8 Å². The molecule has 0 unspecified atom stereocenters. The largest absolute Gasteiger partial charge is 0.466 e. The molecule has 1 aliphatic rings. The Morgan fingerprint density at radius 3 is 2.82 bits per heavy atom. The van der Waals surface area contributed by atoms with E-state index in [4.69, 9.17) is 4.42 Å². The van der Waals surface area contributed by atoms with Gasteiger partial charge in [-0.05, 0) is 39.2 Å². The second kappa shape index (κ2) is 7.81. The van der Waals surface area contributed by atoms with Gasteiger partial charge in [0.15, 0.2) is 0 Å². The first-order valence-corrected chi connectivity index (χ1v) is 9.35. The van der Waals surface area contributed by atoms with Gasteiger partial charge in [0.1, 0.15) is 11.5 Å². The van der Waals surface area contributed by atoms with Gasteiger partial charge in [0.05, 0.1) is 0 Å². The molecule has 0 aromatic carbocycles. The Morgan fingerprint density at radius 1 is 1.41 bits per heavy atom. The standard InChI is InChI=1S/C16H26N2O3S/c1-4-22(20)15-7-5-6-14(9-15)18-16(19)17-10-13-8-11(2)21-12(13)3/h8,14-15H,4-7,9-10H2,1-3H3,(H2,17,18,19)/t14-,15+,22+/m1/s1. The van der Waals surface area contributed by atoms with Gasteiger partial charge >= 0.3 is 6.03 Å². The summed E-state index contributed by atoms with van der Waals surface area (Å²) in [4.78, 5) is 12.0. The topological polar surface area (TPSA) is 71.3 Å². The SMILES string of the molecule is CC[S@](=O)[C@H]1CCC[C@@H](NC(=O)NCc2cc(C)oc2C)C1. The Labute approximate surface area is 134 Å². The van der Waals surface area contributed by atoms with Gasteiger partial charge in [-0.2, -0.15) is 0 Å². The van der Waals surface area contributed by atoms with Crippen molar-refractivity contribution in [1.29, 1.82) is 0 Å². The molecule has 2 amide bonds. The maximum atomic E-state index is 12.0. The lowest BCUT2D eigenvalue weighted by molar-refractivity contribution is 0.232. The summed E-state index contributed by atoms with van der Waals surface area (Å²) in [5.41, 5.74) is 1.00. The molecule has 1 saturated carbocycles. The van der Waals surface area contributed by atoms with Crippen molar-refractivity contribution in [2.45, 2.75) is 64.3 Å². The maximum Gasteiger partial charge on any atom is 0.315 e. The van der Waals surface area contributed by atoms with Gasteiger partial charge in [-0.1, -0.05) is 13.3 Å². The van der Waals surface area contributed by atoms with Gasteiger partial charge in [0.25, 0.3) is 0 Å². The van der Waals surface area contributed by atoms with Crippen molar-refractivity contribution in [3.8, 4) is 0 Å². The van der Waals surface area contributed by atoms with E-state index in [1.807, 2.05) is 26.8 Å². The van der Waals surface area contributed by atoms with Crippen molar-refractivity contribution in [3.63, 3.8) is 0 Å². The van der Waals surface area contributed by atoms with E-state index in [-0.39, 0.29) is 17.3 Å². The van der Waals surface area contributed by atoms with Crippen LogP contribution >= 0.6 is 0 Å². The zero-order valence-corrected chi connectivity index (χ0v) is 14.4. The van der Waals surface area contributed by atoms with Crippen LogP contribution in [0.4, 0.5) is 4.79 Å². The quantitative estimate of drug-likeness (QED) is 0.874. The van der Waals surface area contributed by atoms with Crippen molar-refractivity contribution in [2.75, 3.05) is 5.75 Å². The Kier molecular flexibility index (Phi) is 6.06. The number of rotatable bonds is 5. The molecule has 2 N–H and O–H groups in total. The van der Waals surface area contributed by atoms with E-state index in [1.54, 1.807) is 0 Å². The molecule has 0 aliphatic heterocycles. The Bertz CT molecular complexity index is 541. The first-order chi connectivity index (χ1) is 10.5. The number of carbonyl (C=O) groups is 1. The Hall–Kier alpha value is -1.30. The number of hydrogen-bond acceptors (Lipinski definition) is 3. The van der Waals surface area contributed by atoms with Gasteiger partial charge < -0.3 is 15.1 Å². The summed E-state index contributed by atoms with van der Waals surface area (Å²) in [7, 11) is -0.767. The van der Waals surface area contributed by atoms with Gasteiger partial charge in [0, 0.05) is 40.0 Å². The molecular weight excluding hydrogens is 300 g/mol. The average molecular weight is 326 g/mol. The molecule has 0 saturated heterocycles. The summed E-state index contributed by atoms with van der Waals surface area (Å²) in [5.74, 6) is 2.39. The molecule has 3 atom stereocenters. The Morgan fingerprint density at radius 2 is 2.18 bits per heavy atom. The van der Waals surface area contributed by atoms with E-state index in [0.29, 0.717) is 12.3 Å². The van der Waals surface area contributed by atoms with E-state index < -0.39 is 10.8 Å². The summed E-state index contributed by atoms with van der Waals surface area (Å²) >= 11 is 0. The van der Waals surface area contributed by atoms with E-state index in [1.165, 1.54) is 0 Å². The predicted molar refractivity (Wildman–Crippen MR) is 88.3 cm³/mol. The minimum atomic E-state index is -0.767. The first-order valence-electron chi connectivity index (χ1n) is 7.97. The van der Waals surface area contributed by atoms with E-state index in [9.17, 15) is 9.00 Å². The molecule has 1 aromatic rings. The summed E-state index contributed by atoms with van der Waals surface area (Å²) in [5, 5.41) is 6.11. The van der Waals surface area contributed by atoms with Crippen LogP contribution in [0, 0.1) is 13.8 Å². The third kappa shape index (κ3) is 4.60. The van der Waals surface area contributed by atoms with Crippen LogP contribution in [0.25, 0.3) is 0 Å². The Balaban J connectivity index is 1.79. The smallest absolute Gasteiger partial charge is 0.315 e. The van der Waals surface area contributed by atoms with Crippen LogP contribution < -0.4 is 10.6 Å². The molecule has 6 heteroatoms. The lowest BCUT2D eigenvalue weighted by Gasteiger charge is -2.29. The molecule has 5 nitrogen and oxygen atoms in total. The molecule has 0 spiro atoms. The van der Waals surface area contributed by atoms with Crippen molar-refractivity contribution in [2.24, 2.45) is 0 Å². The molecule has 2 rings (SSSR count). The number of amides is 2. The highest BCUT2D eigenvalue weighted by Gasteiger charge is 2.26. The van der Waals surface area contributed by atoms with Gasteiger partial charge in [0.2, 0.25) is 0 Å². The monoisotopic (exact) mass is 326 g/mol. The van der Waals surface area contributed by atoms with Crippen LogP contribution in [-0.2, 0) is 17.3 Å². The number of furan rings is 1. The molecule has 124 valence electrons. The molecule has 1 aliphatic carbocycles. The second-order valence-corrected chi connectivity index (χ2v) is 7.93. The fourth-order valence-electron chi connectivity index (χ4n) is 3.02. The fraction of sp³-hybridized carbons (Fsp3) is 0.688. The first kappa shape index (κ1) is 17.1. The molecule has 1 aromatic heterocycles. The third-order valence-corrected chi connectivity index (χ3v) is 5.94. The van der Waals surface area contributed by atoms with E-state index in [0.717, 1.165) is 42.8 Å². The zero-order valence-electron chi connectivity index (χ0n) is 13.6. The molecule has 0 bridgehead atoms. The van der Waals surface area contributed by atoms with Crippen LogP contribution in [0.15, 0.2) is 10.5 Å². The fourth-order valence-corrected chi connectivity index (χ4v) is 4.37. The normalized spacial score (nSPS) is 23.0. The maximum absolute atomic E-state index is 12.0. The summed E-state index contributed by atoms with van der Waals surface area (Å²) in [6, 6.07) is 1.91. The molecule has 22 heavy (non-hydrogen) atoms. The predicted octanol–water partition coefficient (Wildman–Crippen LogP) is 2.78. The van der Waals surface area contributed by atoms with Gasteiger partial charge in [-0.25, -0.2) is 4.79 Å². The van der Waals surface area contributed by atoms with Gasteiger partial charge in [-0.15, -0.1) is 0 Å². The molecule has 0 radical (unpaired) electrons. The minimum absolute atomic E-state index is 0.126. The van der Waals surface area contributed by atoms with Crippen LogP contribution in [0.3, 0.4) is 0 Å². The second-order valence-electron chi connectivity index (χ2n) is 5.92. The van der Waals surface area contributed by atoms with E-state index in [2.05, 4.69) is 10.6 Å². The average Bonchev–Trinajstić information content (AvgIpc) is 2.82. The van der Waals surface area contributed by atoms with Crippen molar-refractivity contribution < 1.29 is 13.4 Å². The van der Waals surface area contributed by atoms with Crippen LogP contribution in [0.5, 0.6) is 0 Å². The number of urea groups is 1. The molecule has 1 heterocycles. The van der Waals surface area contributed by atoms with Crippen LogP contribution in [-0.4, -0.2) is 27.3 Å². The van der Waals surface area contributed by atoms with Crippen LogP contribution in [0.2, 0.25) is 0 Å². The van der Waals surface area contributed by atoms with E-state index >= 15 is 0 Å². The number of hydrogen-bond donors (Lipinski definition) is 2. The number of aryl methyl sites for hydroxylation is 2. The third-order valence-electron chi connectivity index (χ3n) is 4.20. The van der Waals surface area contributed by atoms with Crippen molar-refractivity contribution in [3.05, 3.63) is 23.2 Å². The summed E-state index contributed by atoms with van der Waals surface area (Å²) in [6.45, 7) is 6.21. The summed E-state index contributed by atoms with van der Waals surface area (Å²) in [6.07, 6.45) is 3.82. The molecular formula is C16H26N2O3S. The van der Waals surface area contributed by atoms with Gasteiger partial charge in [-0.3, -0.25) is 4.21 Å². The molecule has 1 fully saturated rings. The highest BCUT2D eigenvalue weighted by atomic mass is 32.2.